The van der Waals surface area contributed by atoms with E-state index in [4.69, 9.17) is 4.98 Å². The molecule has 0 radical (unpaired) electrons. The van der Waals surface area contributed by atoms with Crippen LogP contribution in [0.2, 0.25) is 0 Å². The second-order valence-electron chi connectivity index (χ2n) is 12.4. The standard InChI is InChI=1S/C44H29N3/c1-28-45-38-20-11-21-40-44(38)46(28)39-25-24-32(27-41(39)47(40)33-14-3-2-4-15-33)43-36-18-9-7-16-34(36)42(35-17-8-10-19-37(35)43)31-23-22-29-12-5-6-13-30(29)26-31/h2-27H,1H3. The quantitative estimate of drug-likeness (QED) is 0.188. The second-order valence-corrected chi connectivity index (χ2v) is 12.4. The summed E-state index contributed by atoms with van der Waals surface area (Å²) in [6, 6.07) is 57.4. The van der Waals surface area contributed by atoms with Gasteiger partial charge >= 0.3 is 0 Å². The van der Waals surface area contributed by atoms with Crippen LogP contribution in [0.3, 0.4) is 0 Å². The number of para-hydroxylation sites is 2. The molecule has 0 bridgehead atoms. The largest absolute Gasteiger partial charge is 0.306 e. The van der Waals surface area contributed by atoms with Gasteiger partial charge < -0.3 is 4.90 Å². The monoisotopic (exact) mass is 599 g/mol. The third-order valence-electron chi connectivity index (χ3n) is 9.79. The van der Waals surface area contributed by atoms with Crippen LogP contribution in [0.4, 0.5) is 17.1 Å². The van der Waals surface area contributed by atoms with Crippen LogP contribution in [-0.2, 0) is 0 Å². The Bertz CT molecular complexity index is 2640. The summed E-state index contributed by atoms with van der Waals surface area (Å²) >= 11 is 0. The van der Waals surface area contributed by atoms with Crippen LogP contribution in [0.15, 0.2) is 158 Å². The highest BCUT2D eigenvalue weighted by atomic mass is 15.2. The van der Waals surface area contributed by atoms with Crippen LogP contribution in [0.5, 0.6) is 0 Å². The summed E-state index contributed by atoms with van der Waals surface area (Å²) in [5.74, 6) is 0.991. The fourth-order valence-corrected chi connectivity index (χ4v) is 7.83. The highest BCUT2D eigenvalue weighted by Crippen LogP contribution is 2.50. The maximum absolute atomic E-state index is 4.97. The first kappa shape index (κ1) is 26.1. The fraction of sp³-hybridized carbons (Fsp3) is 0.0227. The van der Waals surface area contributed by atoms with Crippen LogP contribution >= 0.6 is 0 Å². The molecule has 0 saturated heterocycles. The first-order valence-corrected chi connectivity index (χ1v) is 16.2. The Morgan fingerprint density at radius 3 is 1.74 bits per heavy atom. The van der Waals surface area contributed by atoms with E-state index >= 15 is 0 Å². The lowest BCUT2D eigenvalue weighted by molar-refractivity contribution is 0.982. The van der Waals surface area contributed by atoms with Crippen LogP contribution in [0.1, 0.15) is 5.82 Å². The zero-order valence-electron chi connectivity index (χ0n) is 25.9. The van der Waals surface area contributed by atoms with Crippen LogP contribution in [0.25, 0.3) is 71.3 Å². The Hall–Kier alpha value is -6.19. The molecule has 3 nitrogen and oxygen atoms in total. The molecule has 0 spiro atoms. The van der Waals surface area contributed by atoms with E-state index < -0.39 is 0 Å². The summed E-state index contributed by atoms with van der Waals surface area (Å²) in [7, 11) is 0. The van der Waals surface area contributed by atoms with Crippen molar-refractivity contribution in [2.24, 2.45) is 0 Å². The predicted octanol–water partition coefficient (Wildman–Crippen LogP) is 11.9. The molecule has 0 amide bonds. The molecule has 0 N–H and O–H groups in total. The summed E-state index contributed by atoms with van der Waals surface area (Å²) in [4.78, 5) is 7.37. The number of anilines is 3. The van der Waals surface area contributed by atoms with Gasteiger partial charge in [-0.15, -0.1) is 0 Å². The molecule has 0 fully saturated rings. The normalized spacial score (nSPS) is 12.3. The van der Waals surface area contributed by atoms with Gasteiger partial charge in [-0.3, -0.25) is 4.57 Å². The van der Waals surface area contributed by atoms with E-state index in [1.54, 1.807) is 0 Å². The number of aryl methyl sites for hydroxylation is 1. The lowest BCUT2D eigenvalue weighted by Gasteiger charge is -2.33. The first-order chi connectivity index (χ1) is 23.2. The van der Waals surface area contributed by atoms with Crippen molar-refractivity contribution >= 4 is 60.4 Å². The van der Waals surface area contributed by atoms with E-state index in [0.29, 0.717) is 0 Å². The van der Waals surface area contributed by atoms with Gasteiger partial charge in [0.05, 0.1) is 28.1 Å². The van der Waals surface area contributed by atoms with Crippen LogP contribution < -0.4 is 4.90 Å². The Kier molecular flexibility index (Phi) is 5.49. The zero-order valence-corrected chi connectivity index (χ0v) is 25.9. The lowest BCUT2D eigenvalue weighted by Crippen LogP contribution is -2.18. The third-order valence-corrected chi connectivity index (χ3v) is 9.79. The van der Waals surface area contributed by atoms with E-state index in [1.807, 2.05) is 0 Å². The van der Waals surface area contributed by atoms with Gasteiger partial charge in [0.25, 0.3) is 0 Å². The Morgan fingerprint density at radius 1 is 0.447 bits per heavy atom. The average molecular weight is 600 g/mol. The Balaban J connectivity index is 1.28. The summed E-state index contributed by atoms with van der Waals surface area (Å²) < 4.78 is 2.32. The molecule has 47 heavy (non-hydrogen) atoms. The molecule has 0 atom stereocenters. The van der Waals surface area contributed by atoms with Gasteiger partial charge in [0.2, 0.25) is 0 Å². The Morgan fingerprint density at radius 2 is 1.04 bits per heavy atom. The maximum atomic E-state index is 4.97. The van der Waals surface area contributed by atoms with Gasteiger partial charge in [0, 0.05) is 5.69 Å². The maximum Gasteiger partial charge on any atom is 0.111 e. The SMILES string of the molecule is Cc1nc2cccc3c2n1-c1ccc(-c2c4ccccc4c(-c4ccc5ccccc5c4)c4ccccc24)cc1N3c1ccccc1. The van der Waals surface area contributed by atoms with Crippen molar-refractivity contribution in [2.75, 3.05) is 4.90 Å². The van der Waals surface area contributed by atoms with Gasteiger partial charge in [0.15, 0.2) is 0 Å². The molecule has 1 aromatic heterocycles. The average Bonchev–Trinajstić information content (AvgIpc) is 3.47. The molecule has 9 aromatic rings. The van der Waals surface area contributed by atoms with E-state index in [2.05, 4.69) is 174 Å². The van der Waals surface area contributed by atoms with Crippen molar-refractivity contribution in [3.8, 4) is 27.9 Å². The number of rotatable bonds is 3. The van der Waals surface area contributed by atoms with Crippen molar-refractivity contribution in [1.82, 2.24) is 9.55 Å². The molecule has 0 unspecified atom stereocenters. The molecular weight excluding hydrogens is 571 g/mol. The smallest absolute Gasteiger partial charge is 0.111 e. The molecule has 1 aliphatic heterocycles. The van der Waals surface area contributed by atoms with Crippen LogP contribution in [0, 0.1) is 6.92 Å². The van der Waals surface area contributed by atoms with Crippen molar-refractivity contribution < 1.29 is 0 Å². The second kappa shape index (κ2) is 9.90. The topological polar surface area (TPSA) is 21.1 Å². The van der Waals surface area contributed by atoms with Crippen molar-refractivity contribution in [1.29, 1.82) is 0 Å². The molecule has 10 rings (SSSR count). The molecular formula is C44H29N3. The van der Waals surface area contributed by atoms with Crippen molar-refractivity contribution in [2.45, 2.75) is 6.92 Å². The molecule has 8 aromatic carbocycles. The molecule has 220 valence electrons. The highest BCUT2D eigenvalue weighted by molar-refractivity contribution is 6.22. The number of imidazole rings is 1. The number of hydrogen-bond acceptors (Lipinski definition) is 2. The number of nitrogens with zero attached hydrogens (tertiary/aromatic N) is 3. The minimum absolute atomic E-state index is 0.991. The van der Waals surface area contributed by atoms with E-state index in [1.165, 1.54) is 54.6 Å². The molecule has 2 heterocycles. The van der Waals surface area contributed by atoms with Gasteiger partial charge in [0.1, 0.15) is 5.82 Å². The minimum atomic E-state index is 0.991. The fourth-order valence-electron chi connectivity index (χ4n) is 7.83. The number of aromatic nitrogens is 2. The first-order valence-electron chi connectivity index (χ1n) is 16.2. The van der Waals surface area contributed by atoms with E-state index in [-0.39, 0.29) is 0 Å². The molecule has 0 aliphatic carbocycles. The number of hydrogen-bond donors (Lipinski definition) is 0. The number of benzene rings is 8. The summed E-state index contributed by atoms with van der Waals surface area (Å²) in [5, 5.41) is 7.52. The summed E-state index contributed by atoms with van der Waals surface area (Å²) in [6.45, 7) is 2.10. The van der Waals surface area contributed by atoms with E-state index in [9.17, 15) is 0 Å². The summed E-state index contributed by atoms with van der Waals surface area (Å²) in [5.41, 5.74) is 11.7. The highest BCUT2D eigenvalue weighted by Gasteiger charge is 2.29. The van der Waals surface area contributed by atoms with Crippen molar-refractivity contribution in [3.63, 3.8) is 0 Å². The molecule has 0 saturated carbocycles. The van der Waals surface area contributed by atoms with Crippen LogP contribution in [-0.4, -0.2) is 9.55 Å². The molecule has 3 heteroatoms. The van der Waals surface area contributed by atoms with Gasteiger partial charge in [-0.1, -0.05) is 115 Å². The minimum Gasteiger partial charge on any atom is -0.306 e. The third kappa shape index (κ3) is 3.77. The lowest BCUT2D eigenvalue weighted by atomic mass is 9.85. The predicted molar refractivity (Wildman–Crippen MR) is 197 cm³/mol. The van der Waals surface area contributed by atoms with Gasteiger partial charge in [-0.05, 0) is 104 Å². The van der Waals surface area contributed by atoms with Gasteiger partial charge in [-0.25, -0.2) is 4.98 Å². The zero-order chi connectivity index (χ0) is 31.1. The number of fused-ring (bicyclic) bond motifs is 5. The van der Waals surface area contributed by atoms with Gasteiger partial charge in [-0.2, -0.15) is 0 Å². The summed E-state index contributed by atoms with van der Waals surface area (Å²) in [6.07, 6.45) is 0. The van der Waals surface area contributed by atoms with Crippen molar-refractivity contribution in [3.05, 3.63) is 164 Å². The van der Waals surface area contributed by atoms with E-state index in [0.717, 1.165) is 39.6 Å². The Labute approximate surface area is 272 Å². The molecule has 1 aliphatic rings.